The molecule has 1 saturated heterocycles. The molecule has 2 N–H and O–H groups in total. The van der Waals surface area contributed by atoms with E-state index in [1.165, 1.54) is 0 Å². The summed E-state index contributed by atoms with van der Waals surface area (Å²) in [5.74, 6) is -0.602. The van der Waals surface area contributed by atoms with E-state index in [-0.39, 0.29) is 11.9 Å². The summed E-state index contributed by atoms with van der Waals surface area (Å²) >= 11 is 5.92. The fraction of sp³-hybridized carbons (Fsp3) is 0.429. The SMILES string of the molecule is CN1CCCCC1C(=O)NNC(=O)c1ccccc1Cl. The number of likely N-dealkylation sites (N-methyl/N-ethyl adjacent to an activating group) is 1. The first-order chi connectivity index (χ1) is 9.59. The van der Waals surface area contributed by atoms with Gasteiger partial charge in [-0.25, -0.2) is 0 Å². The first-order valence-corrected chi connectivity index (χ1v) is 7.02. The van der Waals surface area contributed by atoms with Gasteiger partial charge in [0.25, 0.3) is 11.8 Å². The van der Waals surface area contributed by atoms with E-state index in [0.29, 0.717) is 10.6 Å². The van der Waals surface area contributed by atoms with Crippen LogP contribution in [0.2, 0.25) is 5.02 Å². The molecule has 20 heavy (non-hydrogen) atoms. The zero-order chi connectivity index (χ0) is 14.5. The van der Waals surface area contributed by atoms with Crippen molar-refractivity contribution < 1.29 is 9.59 Å². The van der Waals surface area contributed by atoms with Crippen LogP contribution in [0.3, 0.4) is 0 Å². The monoisotopic (exact) mass is 295 g/mol. The molecule has 0 radical (unpaired) electrons. The van der Waals surface area contributed by atoms with Crippen LogP contribution in [0.25, 0.3) is 0 Å². The summed E-state index contributed by atoms with van der Waals surface area (Å²) in [5.41, 5.74) is 5.22. The summed E-state index contributed by atoms with van der Waals surface area (Å²) in [4.78, 5) is 25.9. The molecule has 0 saturated carbocycles. The van der Waals surface area contributed by atoms with Crippen LogP contribution in [0.5, 0.6) is 0 Å². The normalized spacial score (nSPS) is 19.4. The fourth-order valence-corrected chi connectivity index (χ4v) is 2.54. The van der Waals surface area contributed by atoms with Crippen LogP contribution in [-0.4, -0.2) is 36.3 Å². The highest BCUT2D eigenvalue weighted by Crippen LogP contribution is 2.15. The lowest BCUT2D eigenvalue weighted by molar-refractivity contribution is -0.127. The van der Waals surface area contributed by atoms with Gasteiger partial charge in [-0.2, -0.15) is 0 Å². The third kappa shape index (κ3) is 3.49. The lowest BCUT2D eigenvalue weighted by Crippen LogP contribution is -2.52. The third-order valence-corrected chi connectivity index (χ3v) is 3.82. The van der Waals surface area contributed by atoms with Crippen LogP contribution in [0, 0.1) is 0 Å². The highest BCUT2D eigenvalue weighted by molar-refractivity contribution is 6.33. The van der Waals surface area contributed by atoms with Gasteiger partial charge < -0.3 is 0 Å². The predicted octanol–water partition coefficient (Wildman–Crippen LogP) is 1.59. The van der Waals surface area contributed by atoms with Crippen molar-refractivity contribution in [2.45, 2.75) is 25.3 Å². The van der Waals surface area contributed by atoms with Crippen LogP contribution < -0.4 is 10.9 Å². The van der Waals surface area contributed by atoms with Crippen molar-refractivity contribution in [3.8, 4) is 0 Å². The Bertz CT molecular complexity index is 507. The predicted molar refractivity (Wildman–Crippen MR) is 77.3 cm³/mol. The van der Waals surface area contributed by atoms with E-state index in [0.717, 1.165) is 25.8 Å². The topological polar surface area (TPSA) is 61.4 Å². The van der Waals surface area contributed by atoms with Gasteiger partial charge in [0.1, 0.15) is 0 Å². The summed E-state index contributed by atoms with van der Waals surface area (Å²) < 4.78 is 0. The molecule has 0 aliphatic carbocycles. The van der Waals surface area contributed by atoms with Gasteiger partial charge in [0, 0.05) is 0 Å². The number of hydrazine groups is 1. The Kier molecular flexibility index (Phi) is 4.98. The van der Waals surface area contributed by atoms with Crippen LogP contribution in [0.1, 0.15) is 29.6 Å². The molecule has 0 aromatic heterocycles. The van der Waals surface area contributed by atoms with Crippen molar-refractivity contribution in [3.63, 3.8) is 0 Å². The number of hydrogen-bond acceptors (Lipinski definition) is 3. The molecule has 2 amide bonds. The molecule has 6 heteroatoms. The Labute approximate surface area is 123 Å². The standard InChI is InChI=1S/C14H18ClN3O2/c1-18-9-5-4-8-12(18)14(20)17-16-13(19)10-6-2-3-7-11(10)15/h2-3,6-7,12H,4-5,8-9H2,1H3,(H,16,19)(H,17,20). The second kappa shape index (κ2) is 6.72. The Morgan fingerprint density at radius 1 is 1.25 bits per heavy atom. The lowest BCUT2D eigenvalue weighted by atomic mass is 10.0. The summed E-state index contributed by atoms with van der Waals surface area (Å²) in [6.07, 6.45) is 2.94. The highest BCUT2D eigenvalue weighted by atomic mass is 35.5. The number of amides is 2. The molecule has 1 heterocycles. The molecule has 5 nitrogen and oxygen atoms in total. The van der Waals surface area contributed by atoms with Gasteiger partial charge in [0.2, 0.25) is 0 Å². The number of rotatable bonds is 2. The first kappa shape index (κ1) is 14.8. The molecular weight excluding hydrogens is 278 g/mol. The van der Waals surface area contributed by atoms with Crippen molar-refractivity contribution in [2.24, 2.45) is 0 Å². The quantitative estimate of drug-likeness (QED) is 0.815. The Hall–Kier alpha value is -1.59. The van der Waals surface area contributed by atoms with Gasteiger partial charge >= 0.3 is 0 Å². The summed E-state index contributed by atoms with van der Waals surface area (Å²) in [6, 6.07) is 6.52. The summed E-state index contributed by atoms with van der Waals surface area (Å²) in [7, 11) is 1.92. The Morgan fingerprint density at radius 3 is 2.70 bits per heavy atom. The van der Waals surface area contributed by atoms with Gasteiger partial charge in [-0.1, -0.05) is 30.2 Å². The third-order valence-electron chi connectivity index (χ3n) is 3.49. The minimum absolute atomic E-state index is 0.185. The molecular formula is C14H18ClN3O2. The maximum absolute atomic E-state index is 12.0. The number of piperidine rings is 1. The van der Waals surface area contributed by atoms with Crippen LogP contribution in [0.4, 0.5) is 0 Å². The largest absolute Gasteiger partial charge is 0.295 e. The maximum atomic E-state index is 12.0. The van der Waals surface area contributed by atoms with Crippen molar-refractivity contribution in [1.29, 1.82) is 0 Å². The molecule has 2 rings (SSSR count). The minimum Gasteiger partial charge on any atom is -0.295 e. The van der Waals surface area contributed by atoms with Crippen molar-refractivity contribution in [2.75, 3.05) is 13.6 Å². The summed E-state index contributed by atoms with van der Waals surface area (Å²) in [5, 5.41) is 0.356. The number of nitrogens with zero attached hydrogens (tertiary/aromatic N) is 1. The number of likely N-dealkylation sites (tertiary alicyclic amines) is 1. The van der Waals surface area contributed by atoms with Crippen molar-refractivity contribution >= 4 is 23.4 Å². The van der Waals surface area contributed by atoms with Gasteiger partial charge in [-0.3, -0.25) is 25.3 Å². The van der Waals surface area contributed by atoms with E-state index in [2.05, 4.69) is 10.9 Å². The molecule has 1 unspecified atom stereocenters. The first-order valence-electron chi connectivity index (χ1n) is 6.64. The zero-order valence-corrected chi connectivity index (χ0v) is 12.1. The zero-order valence-electron chi connectivity index (χ0n) is 11.4. The minimum atomic E-state index is -0.414. The highest BCUT2D eigenvalue weighted by Gasteiger charge is 2.26. The maximum Gasteiger partial charge on any atom is 0.271 e. The Morgan fingerprint density at radius 2 is 2.00 bits per heavy atom. The molecule has 1 aliphatic rings. The molecule has 0 spiro atoms. The molecule has 108 valence electrons. The smallest absolute Gasteiger partial charge is 0.271 e. The number of nitrogens with one attached hydrogen (secondary N) is 2. The molecule has 1 aromatic rings. The number of hydrogen-bond donors (Lipinski definition) is 2. The van der Waals surface area contributed by atoms with E-state index in [1.54, 1.807) is 24.3 Å². The molecule has 0 bridgehead atoms. The fourth-order valence-electron chi connectivity index (χ4n) is 2.32. The van der Waals surface area contributed by atoms with Crippen LogP contribution in [0.15, 0.2) is 24.3 Å². The number of halogens is 1. The van der Waals surface area contributed by atoms with Gasteiger partial charge in [-0.15, -0.1) is 0 Å². The van der Waals surface area contributed by atoms with Crippen molar-refractivity contribution in [1.82, 2.24) is 15.8 Å². The van der Waals surface area contributed by atoms with E-state index < -0.39 is 5.91 Å². The molecule has 1 aromatic carbocycles. The van der Waals surface area contributed by atoms with Gasteiger partial charge in [0.15, 0.2) is 0 Å². The lowest BCUT2D eigenvalue weighted by Gasteiger charge is -2.31. The Balaban J connectivity index is 1.90. The second-order valence-electron chi connectivity index (χ2n) is 4.92. The van der Waals surface area contributed by atoms with E-state index in [9.17, 15) is 9.59 Å². The molecule has 1 atom stereocenters. The van der Waals surface area contributed by atoms with Gasteiger partial charge in [0.05, 0.1) is 16.6 Å². The van der Waals surface area contributed by atoms with E-state index in [4.69, 9.17) is 11.6 Å². The van der Waals surface area contributed by atoms with Crippen molar-refractivity contribution in [3.05, 3.63) is 34.9 Å². The van der Waals surface area contributed by atoms with E-state index >= 15 is 0 Å². The summed E-state index contributed by atoms with van der Waals surface area (Å²) in [6.45, 7) is 0.899. The van der Waals surface area contributed by atoms with Gasteiger partial charge in [-0.05, 0) is 38.6 Å². The number of carbonyl (C=O) groups excluding carboxylic acids is 2. The number of benzene rings is 1. The molecule has 1 fully saturated rings. The van der Waals surface area contributed by atoms with Crippen LogP contribution >= 0.6 is 11.6 Å². The van der Waals surface area contributed by atoms with E-state index in [1.807, 2.05) is 11.9 Å². The van der Waals surface area contributed by atoms with Crippen LogP contribution in [-0.2, 0) is 4.79 Å². The average molecular weight is 296 g/mol. The second-order valence-corrected chi connectivity index (χ2v) is 5.32. The average Bonchev–Trinajstić information content (AvgIpc) is 2.45. The molecule has 1 aliphatic heterocycles. The number of carbonyl (C=O) groups is 2.